The number of rotatable bonds is 8. The molecule has 1 aromatic heterocycles. The molecule has 3 heterocycles. The molecule has 1 fully saturated rings. The van der Waals surface area contributed by atoms with E-state index in [1.165, 1.54) is 24.6 Å². The van der Waals surface area contributed by atoms with Crippen LogP contribution in [-0.4, -0.2) is 64.2 Å². The van der Waals surface area contributed by atoms with Crippen LogP contribution in [0.15, 0.2) is 34.9 Å². The number of anilines is 2. The Bertz CT molecular complexity index is 941. The summed E-state index contributed by atoms with van der Waals surface area (Å²) in [6, 6.07) is 9.23. The molecule has 32 heavy (non-hydrogen) atoms. The van der Waals surface area contributed by atoms with Crippen molar-refractivity contribution >= 4 is 35.1 Å². The first-order valence-electron chi connectivity index (χ1n) is 11.2. The molecule has 0 saturated carbocycles. The number of nitrogens with one attached hydrogen (secondary N) is 2. The first-order chi connectivity index (χ1) is 15.5. The molecule has 1 unspecified atom stereocenters. The molecular weight excluding hydrogens is 426 g/mol. The second kappa shape index (κ2) is 10.4. The summed E-state index contributed by atoms with van der Waals surface area (Å²) >= 11 is 1.40. The number of thioether (sulfide) groups is 1. The largest absolute Gasteiger partial charge is 0.360 e. The van der Waals surface area contributed by atoms with Gasteiger partial charge in [-0.3, -0.25) is 9.59 Å². The van der Waals surface area contributed by atoms with Crippen LogP contribution >= 0.6 is 11.8 Å². The molecule has 2 N–H and O–H groups in total. The number of aromatic nitrogens is 1. The fourth-order valence-electron chi connectivity index (χ4n) is 4.13. The number of hydrogen-bond acceptors (Lipinski definition) is 7. The number of para-hydroxylation sites is 1. The van der Waals surface area contributed by atoms with E-state index in [9.17, 15) is 9.59 Å². The van der Waals surface area contributed by atoms with Crippen LogP contribution in [0.2, 0.25) is 0 Å². The van der Waals surface area contributed by atoms with Gasteiger partial charge in [-0.1, -0.05) is 24.2 Å². The van der Waals surface area contributed by atoms with E-state index in [0.29, 0.717) is 23.7 Å². The zero-order valence-electron chi connectivity index (χ0n) is 18.7. The number of benzene rings is 1. The van der Waals surface area contributed by atoms with Crippen molar-refractivity contribution in [1.29, 1.82) is 0 Å². The standard InChI is InChI=1S/C23H31N5O3S/c1-16-8-12-27(13-9-16)10-5-11-28-22(30)18-6-3-4-7-19(18)24-23(28)32-15-21(29)25-20-14-17(2)31-26-20/h3-4,6-7,14,16,23-24H,5,8-13,15H2,1-2H3,(H,25,26,29). The number of carbonyl (C=O) groups excluding carboxylic acids is 2. The Morgan fingerprint density at radius 1 is 1.28 bits per heavy atom. The molecule has 2 amide bonds. The third kappa shape index (κ3) is 5.63. The maximum atomic E-state index is 13.2. The van der Waals surface area contributed by atoms with Gasteiger partial charge in [0.15, 0.2) is 11.3 Å². The number of likely N-dealkylation sites (tertiary alicyclic amines) is 1. The van der Waals surface area contributed by atoms with Gasteiger partial charge in [0.25, 0.3) is 5.91 Å². The van der Waals surface area contributed by atoms with Crippen molar-refractivity contribution in [3.05, 3.63) is 41.7 Å². The van der Waals surface area contributed by atoms with Crippen LogP contribution in [0.4, 0.5) is 11.5 Å². The van der Waals surface area contributed by atoms with Crippen LogP contribution in [0.1, 0.15) is 42.3 Å². The van der Waals surface area contributed by atoms with Crippen molar-refractivity contribution < 1.29 is 14.1 Å². The number of amides is 2. The average molecular weight is 458 g/mol. The Morgan fingerprint density at radius 2 is 2.06 bits per heavy atom. The van der Waals surface area contributed by atoms with E-state index in [-0.39, 0.29) is 23.1 Å². The minimum Gasteiger partial charge on any atom is -0.360 e. The van der Waals surface area contributed by atoms with Crippen molar-refractivity contribution in [2.24, 2.45) is 5.92 Å². The summed E-state index contributed by atoms with van der Waals surface area (Å²) in [7, 11) is 0. The molecule has 2 aromatic rings. The predicted molar refractivity (Wildman–Crippen MR) is 127 cm³/mol. The molecule has 0 spiro atoms. The third-order valence-corrected chi connectivity index (χ3v) is 7.11. The van der Waals surface area contributed by atoms with E-state index in [1.54, 1.807) is 13.0 Å². The first kappa shape index (κ1) is 22.7. The molecule has 1 aromatic carbocycles. The highest BCUT2D eigenvalue weighted by Gasteiger charge is 2.32. The molecule has 2 aliphatic heterocycles. The van der Waals surface area contributed by atoms with Gasteiger partial charge >= 0.3 is 0 Å². The number of piperidine rings is 1. The summed E-state index contributed by atoms with van der Waals surface area (Å²) < 4.78 is 4.99. The van der Waals surface area contributed by atoms with Gasteiger partial charge in [0.05, 0.1) is 11.3 Å². The minimum absolute atomic E-state index is 0.0108. The molecule has 1 atom stereocenters. The van der Waals surface area contributed by atoms with Crippen LogP contribution in [0.5, 0.6) is 0 Å². The summed E-state index contributed by atoms with van der Waals surface area (Å²) in [4.78, 5) is 30.0. The molecule has 0 radical (unpaired) electrons. The molecular formula is C23H31N5O3S. The molecule has 172 valence electrons. The predicted octanol–water partition coefficient (Wildman–Crippen LogP) is 3.63. The maximum Gasteiger partial charge on any atom is 0.258 e. The topological polar surface area (TPSA) is 90.7 Å². The SMILES string of the molecule is Cc1cc(NC(=O)CSC2Nc3ccccc3C(=O)N2CCCN2CCC(C)CC2)no1. The number of carbonyl (C=O) groups is 2. The average Bonchev–Trinajstić information content (AvgIpc) is 3.19. The van der Waals surface area contributed by atoms with E-state index in [2.05, 4.69) is 27.6 Å². The van der Waals surface area contributed by atoms with Gasteiger partial charge in [-0.05, 0) is 63.9 Å². The van der Waals surface area contributed by atoms with Gasteiger partial charge in [-0.2, -0.15) is 0 Å². The second-order valence-electron chi connectivity index (χ2n) is 8.60. The van der Waals surface area contributed by atoms with Gasteiger partial charge in [0.2, 0.25) is 5.91 Å². The number of hydrogen-bond donors (Lipinski definition) is 2. The summed E-state index contributed by atoms with van der Waals surface area (Å²) in [6.07, 6.45) is 3.40. The quantitative estimate of drug-likeness (QED) is 0.625. The zero-order valence-corrected chi connectivity index (χ0v) is 19.5. The number of nitrogens with zero attached hydrogens (tertiary/aromatic N) is 3. The Morgan fingerprint density at radius 3 is 2.81 bits per heavy atom. The molecule has 2 aliphatic rings. The third-order valence-electron chi connectivity index (χ3n) is 6.00. The van der Waals surface area contributed by atoms with E-state index in [1.807, 2.05) is 29.2 Å². The van der Waals surface area contributed by atoms with Gasteiger partial charge < -0.3 is 25.0 Å². The highest BCUT2D eigenvalue weighted by Crippen LogP contribution is 2.30. The highest BCUT2D eigenvalue weighted by atomic mass is 32.2. The normalized spacial score (nSPS) is 19.5. The Balaban J connectivity index is 1.36. The summed E-state index contributed by atoms with van der Waals surface area (Å²) in [6.45, 7) is 7.99. The van der Waals surface area contributed by atoms with Crippen molar-refractivity contribution in [3.8, 4) is 0 Å². The van der Waals surface area contributed by atoms with Crippen LogP contribution in [0, 0.1) is 12.8 Å². The number of fused-ring (bicyclic) bond motifs is 1. The smallest absolute Gasteiger partial charge is 0.258 e. The van der Waals surface area contributed by atoms with E-state index < -0.39 is 0 Å². The Hall–Kier alpha value is -2.52. The fourth-order valence-corrected chi connectivity index (χ4v) is 5.10. The molecule has 8 nitrogen and oxygen atoms in total. The van der Waals surface area contributed by atoms with E-state index in [4.69, 9.17) is 4.52 Å². The first-order valence-corrected chi connectivity index (χ1v) is 12.3. The lowest BCUT2D eigenvalue weighted by Crippen LogP contribution is -2.48. The molecule has 9 heteroatoms. The van der Waals surface area contributed by atoms with Gasteiger partial charge in [-0.25, -0.2) is 0 Å². The van der Waals surface area contributed by atoms with Gasteiger partial charge in [0.1, 0.15) is 5.76 Å². The summed E-state index contributed by atoms with van der Waals surface area (Å²) in [5, 5.41) is 9.97. The lowest BCUT2D eigenvalue weighted by atomic mass is 9.99. The molecule has 0 aliphatic carbocycles. The van der Waals surface area contributed by atoms with Crippen molar-refractivity contribution in [2.75, 3.05) is 42.6 Å². The lowest BCUT2D eigenvalue weighted by Gasteiger charge is -2.38. The maximum absolute atomic E-state index is 13.2. The summed E-state index contributed by atoms with van der Waals surface area (Å²) in [5.41, 5.74) is 1.19. The van der Waals surface area contributed by atoms with E-state index in [0.717, 1.165) is 37.7 Å². The summed E-state index contributed by atoms with van der Waals surface area (Å²) in [5.74, 6) is 1.87. The Kier molecular flexibility index (Phi) is 7.36. The lowest BCUT2D eigenvalue weighted by molar-refractivity contribution is -0.113. The molecule has 0 bridgehead atoms. The van der Waals surface area contributed by atoms with Gasteiger partial charge in [0, 0.05) is 18.3 Å². The van der Waals surface area contributed by atoms with Crippen LogP contribution in [0.25, 0.3) is 0 Å². The zero-order chi connectivity index (χ0) is 22.5. The monoisotopic (exact) mass is 457 g/mol. The Labute approximate surface area is 193 Å². The van der Waals surface area contributed by atoms with Crippen molar-refractivity contribution in [2.45, 2.75) is 38.6 Å². The minimum atomic E-state index is -0.302. The van der Waals surface area contributed by atoms with Crippen molar-refractivity contribution in [3.63, 3.8) is 0 Å². The van der Waals surface area contributed by atoms with E-state index >= 15 is 0 Å². The molecule has 4 rings (SSSR count). The van der Waals surface area contributed by atoms with Crippen LogP contribution < -0.4 is 10.6 Å². The van der Waals surface area contributed by atoms with Crippen molar-refractivity contribution in [1.82, 2.24) is 15.0 Å². The fraction of sp³-hybridized carbons (Fsp3) is 0.522. The van der Waals surface area contributed by atoms with Crippen LogP contribution in [-0.2, 0) is 4.79 Å². The number of aryl methyl sites for hydroxylation is 1. The second-order valence-corrected chi connectivity index (χ2v) is 9.67. The van der Waals surface area contributed by atoms with Crippen LogP contribution in [0.3, 0.4) is 0 Å². The highest BCUT2D eigenvalue weighted by molar-refractivity contribution is 8.00. The van der Waals surface area contributed by atoms with Gasteiger partial charge in [-0.15, -0.1) is 11.8 Å². The molecule has 1 saturated heterocycles.